The summed E-state index contributed by atoms with van der Waals surface area (Å²) < 4.78 is 69.1. The number of aryl methyl sites for hydroxylation is 1. The van der Waals surface area contributed by atoms with Crippen molar-refractivity contribution in [2.24, 2.45) is 5.92 Å². The van der Waals surface area contributed by atoms with Crippen LogP contribution >= 0.6 is 11.6 Å². The standard InChI is InChI=1S/C20H14ClF3N4O5S/c21-12-1-2-15(17-16(12)18(29)28(31)19(30)26-17)34(32,33)10-5-13(22)11-8-25-27(14(11)6-10)4-3-9-7-20(9,23)24/h1-2,5-6,8-9,31H,3-4,7H2,(H,26,30). The molecule has 2 aromatic carbocycles. The van der Waals surface area contributed by atoms with Gasteiger partial charge in [0.15, 0.2) is 0 Å². The summed E-state index contributed by atoms with van der Waals surface area (Å²) in [6.07, 6.45) is 1.02. The zero-order chi connectivity index (χ0) is 24.6. The summed E-state index contributed by atoms with van der Waals surface area (Å²) in [5.74, 6) is -4.46. The quantitative estimate of drug-likeness (QED) is 0.394. The average molecular weight is 515 g/mol. The van der Waals surface area contributed by atoms with Gasteiger partial charge in [-0.3, -0.25) is 9.48 Å². The van der Waals surface area contributed by atoms with Crippen LogP contribution in [-0.4, -0.2) is 39.0 Å². The molecule has 4 aromatic rings. The molecular formula is C20H14ClF3N4O5S. The molecule has 2 N–H and O–H groups in total. The van der Waals surface area contributed by atoms with Gasteiger partial charge in [0.2, 0.25) is 9.84 Å². The van der Waals surface area contributed by atoms with Gasteiger partial charge >= 0.3 is 5.69 Å². The third kappa shape index (κ3) is 3.38. The number of rotatable bonds is 5. The van der Waals surface area contributed by atoms with Crippen LogP contribution in [0.25, 0.3) is 21.8 Å². The maximum atomic E-state index is 14.8. The molecule has 14 heteroatoms. The van der Waals surface area contributed by atoms with Crippen molar-refractivity contribution in [2.45, 2.75) is 35.1 Å². The first kappa shape index (κ1) is 22.5. The van der Waals surface area contributed by atoms with Gasteiger partial charge in [-0.1, -0.05) is 16.3 Å². The van der Waals surface area contributed by atoms with Gasteiger partial charge in [-0.05, 0) is 30.7 Å². The maximum absolute atomic E-state index is 14.8. The molecule has 1 saturated carbocycles. The Morgan fingerprint density at radius 1 is 1.26 bits per heavy atom. The summed E-state index contributed by atoms with van der Waals surface area (Å²) >= 11 is 5.98. The lowest BCUT2D eigenvalue weighted by Gasteiger charge is -2.11. The largest absolute Gasteiger partial charge is 0.421 e. The zero-order valence-electron chi connectivity index (χ0n) is 16.9. The van der Waals surface area contributed by atoms with E-state index in [0.29, 0.717) is 0 Å². The third-order valence-electron chi connectivity index (χ3n) is 5.88. The van der Waals surface area contributed by atoms with E-state index in [9.17, 15) is 36.4 Å². The second kappa shape index (κ2) is 7.34. The van der Waals surface area contributed by atoms with E-state index < -0.39 is 59.4 Å². The van der Waals surface area contributed by atoms with Gasteiger partial charge in [-0.2, -0.15) is 5.10 Å². The van der Waals surface area contributed by atoms with Crippen molar-refractivity contribution < 1.29 is 26.8 Å². The number of aromatic amines is 1. The highest BCUT2D eigenvalue weighted by molar-refractivity contribution is 7.91. The van der Waals surface area contributed by atoms with Gasteiger partial charge in [-0.25, -0.2) is 26.4 Å². The monoisotopic (exact) mass is 514 g/mol. The van der Waals surface area contributed by atoms with Gasteiger partial charge in [0.05, 0.1) is 42.8 Å². The first-order valence-electron chi connectivity index (χ1n) is 9.86. The Morgan fingerprint density at radius 3 is 2.65 bits per heavy atom. The van der Waals surface area contributed by atoms with Crippen LogP contribution in [0.2, 0.25) is 5.02 Å². The first-order valence-corrected chi connectivity index (χ1v) is 11.7. The van der Waals surface area contributed by atoms with Gasteiger partial charge in [0.1, 0.15) is 5.82 Å². The molecular weight excluding hydrogens is 501 g/mol. The van der Waals surface area contributed by atoms with Crippen molar-refractivity contribution in [3.8, 4) is 0 Å². The number of nitrogens with zero attached hydrogens (tertiary/aromatic N) is 3. The zero-order valence-corrected chi connectivity index (χ0v) is 18.5. The molecule has 34 heavy (non-hydrogen) atoms. The number of hydrogen-bond acceptors (Lipinski definition) is 6. The first-order chi connectivity index (χ1) is 15.9. The van der Waals surface area contributed by atoms with E-state index in [1.165, 1.54) is 10.9 Å². The van der Waals surface area contributed by atoms with Crippen LogP contribution in [0.5, 0.6) is 0 Å². The Hall–Kier alpha value is -3.32. The van der Waals surface area contributed by atoms with E-state index in [2.05, 4.69) is 10.1 Å². The second-order valence-corrected chi connectivity index (χ2v) is 10.3. The predicted octanol–water partition coefficient (Wildman–Crippen LogP) is 2.95. The molecule has 0 aliphatic heterocycles. The van der Waals surface area contributed by atoms with Crippen molar-refractivity contribution in [1.82, 2.24) is 19.5 Å². The van der Waals surface area contributed by atoms with E-state index >= 15 is 0 Å². The Bertz CT molecular complexity index is 1730. The van der Waals surface area contributed by atoms with Crippen molar-refractivity contribution >= 4 is 43.2 Å². The molecule has 9 nitrogen and oxygen atoms in total. The Kier molecular flexibility index (Phi) is 4.85. The number of sulfone groups is 1. The van der Waals surface area contributed by atoms with Gasteiger partial charge in [0, 0.05) is 18.9 Å². The fourth-order valence-electron chi connectivity index (χ4n) is 3.90. The van der Waals surface area contributed by atoms with Gasteiger partial charge < -0.3 is 10.2 Å². The summed E-state index contributed by atoms with van der Waals surface area (Å²) in [5.41, 5.74) is -2.92. The highest BCUT2D eigenvalue weighted by Crippen LogP contribution is 2.50. The molecule has 0 amide bonds. The van der Waals surface area contributed by atoms with Crippen LogP contribution in [-0.2, 0) is 16.4 Å². The molecule has 1 aliphatic rings. The smallest absolute Gasteiger partial charge is 0.362 e. The van der Waals surface area contributed by atoms with Gasteiger partial charge in [0.25, 0.3) is 11.5 Å². The minimum atomic E-state index is -4.53. The highest BCUT2D eigenvalue weighted by atomic mass is 35.5. The molecule has 1 fully saturated rings. The number of halogens is 4. The lowest BCUT2D eigenvalue weighted by molar-refractivity contribution is 0.0959. The molecule has 0 spiro atoms. The molecule has 0 saturated heterocycles. The molecule has 1 aliphatic carbocycles. The van der Waals surface area contributed by atoms with Crippen molar-refractivity contribution in [1.29, 1.82) is 0 Å². The Labute approximate surface area is 192 Å². The number of nitrogens with one attached hydrogen (secondary N) is 1. The molecule has 0 bridgehead atoms. The highest BCUT2D eigenvalue weighted by Gasteiger charge is 2.56. The molecule has 2 aromatic heterocycles. The number of alkyl halides is 2. The van der Waals surface area contributed by atoms with Crippen LogP contribution in [0.4, 0.5) is 13.2 Å². The Morgan fingerprint density at radius 2 is 1.97 bits per heavy atom. The summed E-state index contributed by atoms with van der Waals surface area (Å²) in [6.45, 7) is 0.0277. The topological polar surface area (TPSA) is 127 Å². The minimum Gasteiger partial charge on any atom is -0.421 e. The molecule has 1 atom stereocenters. The van der Waals surface area contributed by atoms with Crippen LogP contribution in [0.15, 0.2) is 49.8 Å². The molecule has 178 valence electrons. The van der Waals surface area contributed by atoms with E-state index in [-0.39, 0.29) is 40.0 Å². The van der Waals surface area contributed by atoms with Gasteiger partial charge in [-0.15, -0.1) is 0 Å². The normalized spacial score (nSPS) is 17.5. The predicted molar refractivity (Wildman–Crippen MR) is 114 cm³/mol. The summed E-state index contributed by atoms with van der Waals surface area (Å²) in [4.78, 5) is 25.2. The van der Waals surface area contributed by atoms with Crippen LogP contribution < -0.4 is 11.2 Å². The van der Waals surface area contributed by atoms with Crippen LogP contribution in [0, 0.1) is 11.7 Å². The van der Waals surface area contributed by atoms with E-state index in [1.54, 1.807) is 0 Å². The fourth-order valence-corrected chi connectivity index (χ4v) is 5.59. The number of fused-ring (bicyclic) bond motifs is 2. The molecule has 1 unspecified atom stereocenters. The summed E-state index contributed by atoms with van der Waals surface area (Å²) in [6, 6.07) is 4.01. The average Bonchev–Trinajstić information content (AvgIpc) is 3.17. The lowest BCUT2D eigenvalue weighted by Crippen LogP contribution is -2.33. The van der Waals surface area contributed by atoms with E-state index in [1.807, 2.05) is 0 Å². The number of aromatic nitrogens is 4. The number of hydrogen-bond donors (Lipinski definition) is 2. The van der Waals surface area contributed by atoms with Crippen LogP contribution in [0.1, 0.15) is 12.8 Å². The van der Waals surface area contributed by atoms with E-state index in [4.69, 9.17) is 11.6 Å². The third-order valence-corrected chi connectivity index (χ3v) is 7.97. The molecule has 2 heterocycles. The summed E-state index contributed by atoms with van der Waals surface area (Å²) in [5, 5.41) is 12.9. The SMILES string of the molecule is O=c1[nH]c2c(S(=O)(=O)c3cc(F)c4cnn(CCC5CC5(F)F)c4c3)ccc(Cl)c2c(=O)n1O. The molecule has 0 radical (unpaired) electrons. The lowest BCUT2D eigenvalue weighted by atomic mass is 10.2. The number of H-pyrrole nitrogens is 1. The summed E-state index contributed by atoms with van der Waals surface area (Å²) in [7, 11) is -4.53. The van der Waals surface area contributed by atoms with Crippen molar-refractivity contribution in [3.05, 3.63) is 62.1 Å². The van der Waals surface area contributed by atoms with Crippen molar-refractivity contribution in [2.75, 3.05) is 0 Å². The maximum Gasteiger partial charge on any atom is 0.362 e. The van der Waals surface area contributed by atoms with Crippen LogP contribution in [0.3, 0.4) is 0 Å². The van der Waals surface area contributed by atoms with Crippen molar-refractivity contribution in [3.63, 3.8) is 0 Å². The minimum absolute atomic E-state index is 0.000884. The fraction of sp³-hybridized carbons (Fsp3) is 0.250. The Balaban J connectivity index is 1.66. The second-order valence-electron chi connectivity index (χ2n) is 8.00. The molecule has 5 rings (SSSR count). The number of benzene rings is 2. The van der Waals surface area contributed by atoms with E-state index in [0.717, 1.165) is 24.3 Å².